The van der Waals surface area contributed by atoms with Gasteiger partial charge in [0.15, 0.2) is 11.6 Å². The van der Waals surface area contributed by atoms with Gasteiger partial charge in [-0.1, -0.05) is 13.8 Å². The molecule has 1 aromatic heterocycles. The largest absolute Gasteiger partial charge is 0.494 e. The first-order chi connectivity index (χ1) is 18.0. The molecule has 200 valence electrons. The highest BCUT2D eigenvalue weighted by Crippen LogP contribution is 2.40. The quantitative estimate of drug-likeness (QED) is 0.459. The Morgan fingerprint density at radius 2 is 1.92 bits per heavy atom. The fraction of sp³-hybridized carbons (Fsp3) is 0.448. The predicted octanol–water partition coefficient (Wildman–Crippen LogP) is 4.83. The smallest absolute Gasteiger partial charge is 0.227 e. The molecule has 2 aromatic carbocycles. The van der Waals surface area contributed by atoms with Crippen molar-refractivity contribution in [1.29, 1.82) is 0 Å². The summed E-state index contributed by atoms with van der Waals surface area (Å²) in [7, 11) is 5.21. The topological polar surface area (TPSA) is 66.9 Å². The highest BCUT2D eigenvalue weighted by Gasteiger charge is 2.42. The minimum Gasteiger partial charge on any atom is -0.494 e. The third kappa shape index (κ3) is 5.49. The van der Waals surface area contributed by atoms with Gasteiger partial charge in [-0.2, -0.15) is 0 Å². The zero-order chi connectivity index (χ0) is 26.5. The van der Waals surface area contributed by atoms with Gasteiger partial charge in [-0.15, -0.1) is 0 Å². The van der Waals surface area contributed by atoms with Gasteiger partial charge in [0.25, 0.3) is 0 Å². The van der Waals surface area contributed by atoms with Crippen molar-refractivity contribution in [2.75, 3.05) is 58.9 Å². The van der Waals surface area contributed by atoms with E-state index in [-0.39, 0.29) is 19.0 Å². The maximum atomic E-state index is 14.7. The number of halogens is 1. The van der Waals surface area contributed by atoms with Crippen LogP contribution in [0.3, 0.4) is 0 Å². The first kappa shape index (κ1) is 26.7. The average molecular weight is 511 g/mol. The number of fused-ring (bicyclic) bond motifs is 2. The number of amides is 1. The van der Waals surface area contributed by atoms with E-state index in [2.05, 4.69) is 10.2 Å². The number of ether oxygens (including phenoxy) is 2. The van der Waals surface area contributed by atoms with E-state index in [0.29, 0.717) is 24.6 Å². The number of hydrogen-bond donors (Lipinski definition) is 1. The van der Waals surface area contributed by atoms with Crippen molar-refractivity contribution < 1.29 is 20.1 Å². The van der Waals surface area contributed by atoms with Gasteiger partial charge in [0.2, 0.25) is 5.91 Å². The maximum absolute atomic E-state index is 14.7. The van der Waals surface area contributed by atoms with Crippen LogP contribution in [0.4, 0.5) is 10.1 Å². The number of hydrogen-bond acceptors (Lipinski definition) is 6. The summed E-state index contributed by atoms with van der Waals surface area (Å²) in [5.74, 6) is 1.00. The predicted molar refractivity (Wildman–Crippen MR) is 148 cm³/mol. The highest BCUT2D eigenvalue weighted by atomic mass is 19.1. The summed E-state index contributed by atoms with van der Waals surface area (Å²) >= 11 is 0. The molecule has 2 atom stereocenters. The number of pyridine rings is 1. The fourth-order valence-corrected chi connectivity index (χ4v) is 5.16. The number of piperidine rings is 1. The molecule has 2 fully saturated rings. The van der Waals surface area contributed by atoms with Gasteiger partial charge in [-0.25, -0.2) is 9.37 Å². The third-order valence-electron chi connectivity index (χ3n) is 7.14. The number of nitrogens with zero attached hydrogens (tertiary/aromatic N) is 3. The molecule has 7 nitrogen and oxygen atoms in total. The summed E-state index contributed by atoms with van der Waals surface area (Å²) in [4.78, 5) is 21.7. The Bertz CT molecular complexity index is 1240. The second-order valence-electron chi connectivity index (χ2n) is 9.33. The molecule has 5 rings (SSSR count). The second kappa shape index (κ2) is 11.8. The van der Waals surface area contributed by atoms with E-state index in [1.165, 1.54) is 13.2 Å². The van der Waals surface area contributed by atoms with E-state index < -0.39 is 5.82 Å². The van der Waals surface area contributed by atoms with Crippen molar-refractivity contribution in [3.8, 4) is 22.8 Å². The number of nitrogens with one attached hydrogen (secondary N) is 1. The van der Waals surface area contributed by atoms with Crippen LogP contribution in [0.15, 0.2) is 42.5 Å². The number of likely N-dealkylation sites (N-methyl/N-ethyl adjacent to an activating group) is 1. The van der Waals surface area contributed by atoms with Crippen LogP contribution in [0.2, 0.25) is 0 Å². The van der Waals surface area contributed by atoms with Crippen LogP contribution in [0.1, 0.15) is 21.7 Å². The Kier molecular flexibility index (Phi) is 8.48. The van der Waals surface area contributed by atoms with Crippen molar-refractivity contribution in [1.82, 2.24) is 15.2 Å². The molecule has 0 saturated carbocycles. The monoisotopic (exact) mass is 510 g/mol. The molecule has 0 aliphatic carbocycles. The lowest BCUT2D eigenvalue weighted by atomic mass is 9.88. The Morgan fingerprint density at radius 1 is 1.16 bits per heavy atom. The Hall–Kier alpha value is -3.39. The molecule has 1 amide bonds. The molecule has 2 aliphatic rings. The van der Waals surface area contributed by atoms with Gasteiger partial charge < -0.3 is 24.6 Å². The van der Waals surface area contributed by atoms with Crippen LogP contribution < -0.4 is 19.7 Å². The molecule has 2 aliphatic heterocycles. The zero-order valence-electron chi connectivity index (χ0n) is 22.4. The van der Waals surface area contributed by atoms with Crippen LogP contribution in [0.5, 0.6) is 11.5 Å². The zero-order valence-corrected chi connectivity index (χ0v) is 22.4. The third-order valence-corrected chi connectivity index (χ3v) is 7.14. The van der Waals surface area contributed by atoms with Crippen LogP contribution >= 0.6 is 0 Å². The minimum atomic E-state index is -0.425. The van der Waals surface area contributed by atoms with E-state index in [1.54, 1.807) is 6.07 Å². The van der Waals surface area contributed by atoms with E-state index in [0.717, 1.165) is 54.1 Å². The molecular formula is C29H39FN4O3. The number of likely N-dealkylation sites (tertiary alicyclic amines) is 1. The number of carbonyl (C=O) groups is 1. The molecule has 1 N–H and O–H groups in total. The van der Waals surface area contributed by atoms with E-state index >= 15 is 0 Å². The summed E-state index contributed by atoms with van der Waals surface area (Å²) in [6, 6.07) is 13.0. The number of methoxy groups -OCH3 is 1. The first-order valence-corrected chi connectivity index (χ1v) is 13.0. The number of anilines is 1. The van der Waals surface area contributed by atoms with Crippen molar-refractivity contribution in [3.63, 3.8) is 0 Å². The molecule has 0 radical (unpaired) electrons. The van der Waals surface area contributed by atoms with Crippen LogP contribution in [-0.2, 0) is 4.79 Å². The standard InChI is InChI=1S/C27H31FN4O3.C2H6.H2/c1-29-9-11-35-19-6-4-17(5-7-19)23-13-25(20-12-22(28)26(34-3)14-24(20)30-23)32-15-18-8-10-31(2)27(33)21(18)16-32;1-2;/h4-7,12-14,18,21,29H,8-11,15-16H2,1-3H3;1-2H3;1H. The van der Waals surface area contributed by atoms with Gasteiger partial charge in [-0.3, -0.25) is 4.79 Å². The Morgan fingerprint density at radius 3 is 2.62 bits per heavy atom. The molecule has 3 heterocycles. The van der Waals surface area contributed by atoms with Crippen molar-refractivity contribution in [2.24, 2.45) is 11.8 Å². The molecule has 37 heavy (non-hydrogen) atoms. The summed E-state index contributed by atoms with van der Waals surface area (Å²) in [5.41, 5.74) is 3.26. The lowest BCUT2D eigenvalue weighted by Crippen LogP contribution is -2.42. The number of benzene rings is 2. The van der Waals surface area contributed by atoms with Gasteiger partial charge in [0, 0.05) is 57.4 Å². The van der Waals surface area contributed by atoms with E-state index in [9.17, 15) is 9.18 Å². The SMILES string of the molecule is CC.CNCCOc1ccc(-c2cc(N3CC4CCN(C)C(=O)C4C3)c3cc(F)c(OC)cc3n2)cc1.[HH]. The summed E-state index contributed by atoms with van der Waals surface area (Å²) in [6.07, 6.45) is 0.983. The number of aromatic nitrogens is 1. The van der Waals surface area contributed by atoms with Gasteiger partial charge in [-0.05, 0) is 55.8 Å². The molecule has 0 bridgehead atoms. The van der Waals surface area contributed by atoms with E-state index in [1.807, 2.05) is 63.2 Å². The van der Waals surface area contributed by atoms with Crippen molar-refractivity contribution in [3.05, 3.63) is 48.3 Å². The molecular weight excluding hydrogens is 471 g/mol. The Balaban J connectivity index is 0.00000130. The molecule has 2 saturated heterocycles. The van der Waals surface area contributed by atoms with Crippen molar-refractivity contribution in [2.45, 2.75) is 20.3 Å². The molecule has 2 unspecified atom stereocenters. The normalized spacial score (nSPS) is 18.9. The minimum absolute atomic E-state index is 0. The lowest BCUT2D eigenvalue weighted by Gasteiger charge is -2.30. The number of carbonyl (C=O) groups excluding carboxylic acids is 1. The molecule has 3 aromatic rings. The maximum Gasteiger partial charge on any atom is 0.227 e. The summed E-state index contributed by atoms with van der Waals surface area (Å²) < 4.78 is 25.7. The Labute approximate surface area is 220 Å². The lowest BCUT2D eigenvalue weighted by molar-refractivity contribution is -0.137. The van der Waals surface area contributed by atoms with Gasteiger partial charge in [0.1, 0.15) is 12.4 Å². The van der Waals surface area contributed by atoms with E-state index in [4.69, 9.17) is 14.5 Å². The second-order valence-corrected chi connectivity index (χ2v) is 9.33. The summed E-state index contributed by atoms with van der Waals surface area (Å²) in [5, 5.41) is 3.78. The molecule has 0 spiro atoms. The molecule has 8 heteroatoms. The van der Waals surface area contributed by atoms with Crippen molar-refractivity contribution >= 4 is 22.5 Å². The van der Waals surface area contributed by atoms with Crippen LogP contribution in [-0.4, -0.2) is 69.8 Å². The van der Waals surface area contributed by atoms with Gasteiger partial charge >= 0.3 is 0 Å². The first-order valence-electron chi connectivity index (χ1n) is 13.0. The highest BCUT2D eigenvalue weighted by molar-refractivity contribution is 5.96. The fourth-order valence-electron chi connectivity index (χ4n) is 5.16. The van der Waals surface area contributed by atoms with Crippen LogP contribution in [0, 0.1) is 17.7 Å². The number of rotatable bonds is 7. The summed E-state index contributed by atoms with van der Waals surface area (Å²) in [6.45, 7) is 7.54. The average Bonchev–Trinajstić information content (AvgIpc) is 3.36. The van der Waals surface area contributed by atoms with Gasteiger partial charge in [0.05, 0.1) is 24.2 Å². The van der Waals surface area contributed by atoms with Crippen LogP contribution in [0.25, 0.3) is 22.2 Å².